The molecule has 1 unspecified atom stereocenters. The summed E-state index contributed by atoms with van der Waals surface area (Å²) in [6.07, 6.45) is 2.96. The van der Waals surface area contributed by atoms with Gasteiger partial charge in [0.05, 0.1) is 17.9 Å². The Labute approximate surface area is 109 Å². The van der Waals surface area contributed by atoms with Gasteiger partial charge in [-0.3, -0.25) is 4.98 Å². The minimum absolute atomic E-state index is 0.0308. The highest BCUT2D eigenvalue weighted by Crippen LogP contribution is 2.23. The molecule has 2 aromatic heterocycles. The minimum atomic E-state index is -0.321. The zero-order chi connectivity index (χ0) is 13.0. The lowest BCUT2D eigenvalue weighted by Gasteiger charge is -2.14. The van der Waals surface area contributed by atoms with Crippen molar-refractivity contribution in [3.05, 3.63) is 34.8 Å². The molecule has 0 aliphatic carbocycles. The Hall–Kier alpha value is -1.56. The molecule has 0 bridgehead atoms. The average Bonchev–Trinajstić information content (AvgIpc) is 2.85. The van der Waals surface area contributed by atoms with Crippen LogP contribution in [0.5, 0.6) is 0 Å². The van der Waals surface area contributed by atoms with Crippen LogP contribution in [0.25, 0.3) is 0 Å². The van der Waals surface area contributed by atoms with E-state index in [0.29, 0.717) is 0 Å². The van der Waals surface area contributed by atoms with Crippen molar-refractivity contribution in [2.45, 2.75) is 32.7 Å². The van der Waals surface area contributed by atoms with Gasteiger partial charge in [0.15, 0.2) is 0 Å². The van der Waals surface area contributed by atoms with Crippen molar-refractivity contribution in [2.75, 3.05) is 5.32 Å². The molecule has 0 aromatic carbocycles. The zero-order valence-electron chi connectivity index (χ0n) is 10.4. The average molecular weight is 266 g/mol. The van der Waals surface area contributed by atoms with Crippen LogP contribution in [0.15, 0.2) is 18.3 Å². The standard InChI is InChI=1S/C12H15FN4S/c1-3-9(10-6-5-8(13)7-14-10)15-12-17-16-11(4-2)18-12/h5-7,9H,3-4H2,1-2H3,(H,15,17). The summed E-state index contributed by atoms with van der Waals surface area (Å²) < 4.78 is 12.8. The van der Waals surface area contributed by atoms with Crippen molar-refractivity contribution in [3.63, 3.8) is 0 Å². The van der Waals surface area contributed by atoms with Crippen LogP contribution in [0, 0.1) is 5.82 Å². The first-order chi connectivity index (χ1) is 8.72. The third-order valence-corrected chi connectivity index (χ3v) is 3.58. The molecular weight excluding hydrogens is 251 g/mol. The molecule has 0 aliphatic rings. The maximum Gasteiger partial charge on any atom is 0.206 e. The maximum atomic E-state index is 12.8. The number of nitrogens with one attached hydrogen (secondary N) is 1. The van der Waals surface area contributed by atoms with E-state index >= 15 is 0 Å². The van der Waals surface area contributed by atoms with E-state index in [1.54, 1.807) is 6.07 Å². The molecule has 0 fully saturated rings. The Morgan fingerprint density at radius 3 is 2.72 bits per heavy atom. The third kappa shape index (κ3) is 3.01. The lowest BCUT2D eigenvalue weighted by Crippen LogP contribution is -2.11. The first kappa shape index (κ1) is 12.9. The fraction of sp³-hybridized carbons (Fsp3) is 0.417. The molecule has 18 heavy (non-hydrogen) atoms. The molecule has 0 saturated heterocycles. The van der Waals surface area contributed by atoms with Crippen LogP contribution in [-0.2, 0) is 6.42 Å². The Morgan fingerprint density at radius 1 is 1.33 bits per heavy atom. The summed E-state index contributed by atoms with van der Waals surface area (Å²) in [5.41, 5.74) is 0.812. The second-order valence-electron chi connectivity index (χ2n) is 3.86. The van der Waals surface area contributed by atoms with Crippen LogP contribution in [0.4, 0.5) is 9.52 Å². The molecule has 2 aromatic rings. The van der Waals surface area contributed by atoms with E-state index in [0.717, 1.165) is 28.7 Å². The van der Waals surface area contributed by atoms with Gasteiger partial charge in [0.2, 0.25) is 5.13 Å². The smallest absolute Gasteiger partial charge is 0.206 e. The number of hydrogen-bond donors (Lipinski definition) is 1. The summed E-state index contributed by atoms with van der Waals surface area (Å²) in [6.45, 7) is 4.09. The number of halogens is 1. The summed E-state index contributed by atoms with van der Waals surface area (Å²) in [7, 11) is 0. The normalized spacial score (nSPS) is 12.4. The molecule has 4 nitrogen and oxygen atoms in total. The molecule has 2 heterocycles. The van der Waals surface area contributed by atoms with Crippen LogP contribution in [-0.4, -0.2) is 15.2 Å². The maximum absolute atomic E-state index is 12.8. The lowest BCUT2D eigenvalue weighted by molar-refractivity contribution is 0.614. The van der Waals surface area contributed by atoms with Crippen molar-refractivity contribution in [1.29, 1.82) is 0 Å². The molecule has 0 saturated carbocycles. The van der Waals surface area contributed by atoms with E-state index in [2.05, 4.69) is 20.5 Å². The van der Waals surface area contributed by atoms with Gasteiger partial charge in [-0.2, -0.15) is 0 Å². The molecule has 0 aliphatic heterocycles. The first-order valence-corrected chi connectivity index (χ1v) is 6.75. The Morgan fingerprint density at radius 2 is 2.17 bits per heavy atom. The monoisotopic (exact) mass is 266 g/mol. The van der Waals surface area contributed by atoms with E-state index in [1.165, 1.54) is 23.6 Å². The van der Waals surface area contributed by atoms with Gasteiger partial charge >= 0.3 is 0 Å². The number of aryl methyl sites for hydroxylation is 1. The van der Waals surface area contributed by atoms with Gasteiger partial charge in [0.1, 0.15) is 10.8 Å². The first-order valence-electron chi connectivity index (χ1n) is 5.93. The highest BCUT2D eigenvalue weighted by Gasteiger charge is 2.13. The van der Waals surface area contributed by atoms with E-state index < -0.39 is 0 Å². The van der Waals surface area contributed by atoms with Crippen molar-refractivity contribution in [2.24, 2.45) is 0 Å². The zero-order valence-corrected chi connectivity index (χ0v) is 11.2. The van der Waals surface area contributed by atoms with Crippen molar-refractivity contribution in [3.8, 4) is 0 Å². The molecule has 1 atom stereocenters. The molecule has 0 spiro atoms. The fourth-order valence-electron chi connectivity index (χ4n) is 1.58. The van der Waals surface area contributed by atoms with E-state index in [4.69, 9.17) is 0 Å². The highest BCUT2D eigenvalue weighted by atomic mass is 32.1. The number of nitrogens with zero attached hydrogens (tertiary/aromatic N) is 3. The summed E-state index contributed by atoms with van der Waals surface area (Å²) >= 11 is 1.54. The second kappa shape index (κ2) is 5.86. The van der Waals surface area contributed by atoms with Crippen LogP contribution in [0.1, 0.15) is 37.0 Å². The summed E-state index contributed by atoms with van der Waals surface area (Å²) in [5, 5.41) is 13.2. The van der Waals surface area contributed by atoms with Crippen molar-refractivity contribution >= 4 is 16.5 Å². The Kier molecular flexibility index (Phi) is 4.19. The summed E-state index contributed by atoms with van der Waals surface area (Å²) in [6, 6.07) is 3.14. The molecule has 1 N–H and O–H groups in total. The van der Waals surface area contributed by atoms with Crippen LogP contribution in [0.2, 0.25) is 0 Å². The van der Waals surface area contributed by atoms with Crippen molar-refractivity contribution < 1.29 is 4.39 Å². The largest absolute Gasteiger partial charge is 0.352 e. The van der Waals surface area contributed by atoms with E-state index in [-0.39, 0.29) is 11.9 Å². The molecule has 2 rings (SSSR count). The van der Waals surface area contributed by atoms with E-state index in [1.807, 2.05) is 13.8 Å². The second-order valence-corrected chi connectivity index (χ2v) is 4.92. The topological polar surface area (TPSA) is 50.7 Å². The Balaban J connectivity index is 2.11. The number of anilines is 1. The molecule has 6 heteroatoms. The van der Waals surface area contributed by atoms with Gasteiger partial charge in [-0.1, -0.05) is 25.2 Å². The predicted octanol–water partition coefficient (Wildman–Crippen LogP) is 3.20. The fourth-order valence-corrected chi connectivity index (χ4v) is 2.31. The van der Waals surface area contributed by atoms with Gasteiger partial charge in [0.25, 0.3) is 0 Å². The number of aromatic nitrogens is 3. The Bertz CT molecular complexity index is 497. The highest BCUT2D eigenvalue weighted by molar-refractivity contribution is 7.15. The minimum Gasteiger partial charge on any atom is -0.352 e. The van der Waals surface area contributed by atoms with Gasteiger partial charge in [-0.15, -0.1) is 10.2 Å². The van der Waals surface area contributed by atoms with Gasteiger partial charge in [-0.25, -0.2) is 4.39 Å². The summed E-state index contributed by atoms with van der Waals surface area (Å²) in [4.78, 5) is 4.09. The number of hydrogen-bond acceptors (Lipinski definition) is 5. The molecular formula is C12H15FN4S. The number of pyridine rings is 1. The van der Waals surface area contributed by atoms with Crippen molar-refractivity contribution in [1.82, 2.24) is 15.2 Å². The summed E-state index contributed by atoms with van der Waals surface area (Å²) in [5.74, 6) is -0.321. The van der Waals surface area contributed by atoms with Crippen LogP contribution >= 0.6 is 11.3 Å². The molecule has 0 amide bonds. The van der Waals surface area contributed by atoms with Crippen LogP contribution in [0.3, 0.4) is 0 Å². The molecule has 0 radical (unpaired) electrons. The molecule has 96 valence electrons. The van der Waals surface area contributed by atoms with Gasteiger partial charge in [0, 0.05) is 0 Å². The third-order valence-electron chi connectivity index (χ3n) is 2.58. The van der Waals surface area contributed by atoms with Gasteiger partial charge < -0.3 is 5.32 Å². The van der Waals surface area contributed by atoms with E-state index in [9.17, 15) is 4.39 Å². The quantitative estimate of drug-likeness (QED) is 0.903. The van der Waals surface area contributed by atoms with Gasteiger partial charge in [-0.05, 0) is 25.0 Å². The van der Waals surface area contributed by atoms with Crippen LogP contribution < -0.4 is 5.32 Å². The lowest BCUT2D eigenvalue weighted by atomic mass is 10.1. The predicted molar refractivity (Wildman–Crippen MR) is 70.1 cm³/mol. The SMILES string of the molecule is CCc1nnc(NC(CC)c2ccc(F)cn2)s1. The number of rotatable bonds is 5.